The zero-order chi connectivity index (χ0) is 41.7. The average molecular weight is 804 g/mol. The van der Waals surface area contributed by atoms with Crippen LogP contribution in [0.4, 0.5) is 17.1 Å². The van der Waals surface area contributed by atoms with Crippen LogP contribution in [0.25, 0.3) is 66.4 Å². The number of nitrogens with zero attached hydrogens (tertiary/aromatic N) is 1. The predicted octanol–water partition coefficient (Wildman–Crippen LogP) is 16.4. The van der Waals surface area contributed by atoms with Crippen molar-refractivity contribution in [2.75, 3.05) is 4.90 Å². The number of rotatable bonds is 8. The van der Waals surface area contributed by atoms with E-state index in [0.717, 1.165) is 61.3 Å². The summed E-state index contributed by atoms with van der Waals surface area (Å²) in [4.78, 5) is 2.41. The Kier molecular flexibility index (Phi) is 8.76. The third kappa shape index (κ3) is 6.10. The molecule has 11 aromatic rings. The van der Waals surface area contributed by atoms with Gasteiger partial charge in [-0.1, -0.05) is 188 Å². The summed E-state index contributed by atoms with van der Waals surface area (Å²) < 4.78 is 6.18. The largest absolute Gasteiger partial charge is 0.456 e. The highest BCUT2D eigenvalue weighted by Crippen LogP contribution is 2.56. The first-order valence-corrected chi connectivity index (χ1v) is 21.7. The summed E-state index contributed by atoms with van der Waals surface area (Å²) in [5, 5.41) is 2.26. The molecule has 0 N–H and O–H groups in total. The minimum absolute atomic E-state index is 0.478. The summed E-state index contributed by atoms with van der Waals surface area (Å²) in [5.41, 5.74) is 19.2. The molecule has 1 aliphatic carbocycles. The van der Waals surface area contributed by atoms with E-state index in [1.165, 1.54) is 44.5 Å². The lowest BCUT2D eigenvalue weighted by Crippen LogP contribution is -2.28. The molecule has 0 bridgehead atoms. The molecule has 1 aromatic heterocycles. The van der Waals surface area contributed by atoms with E-state index in [9.17, 15) is 0 Å². The molecule has 12 rings (SSSR count). The van der Waals surface area contributed by atoms with Gasteiger partial charge < -0.3 is 9.32 Å². The molecule has 0 amide bonds. The van der Waals surface area contributed by atoms with Crippen molar-refractivity contribution in [2.24, 2.45) is 0 Å². The molecule has 0 saturated carbocycles. The topological polar surface area (TPSA) is 16.4 Å². The summed E-state index contributed by atoms with van der Waals surface area (Å²) in [6, 6.07) is 90.4. The fraction of sp³-hybridized carbons (Fsp3) is 0.0164. The van der Waals surface area contributed by atoms with E-state index < -0.39 is 5.41 Å². The quantitative estimate of drug-likeness (QED) is 0.152. The van der Waals surface area contributed by atoms with Crippen molar-refractivity contribution in [3.63, 3.8) is 0 Å². The highest BCUT2D eigenvalue weighted by molar-refractivity contribution is 6.06. The fourth-order valence-corrected chi connectivity index (χ4v) is 10.1. The first kappa shape index (κ1) is 36.6. The van der Waals surface area contributed by atoms with Gasteiger partial charge in [0.15, 0.2) is 0 Å². The molecule has 2 nitrogen and oxygen atoms in total. The molecule has 1 heterocycles. The smallest absolute Gasteiger partial charge is 0.135 e. The maximum absolute atomic E-state index is 6.18. The molecular weight excluding hydrogens is 763 g/mol. The molecule has 2 heteroatoms. The fourth-order valence-electron chi connectivity index (χ4n) is 10.1. The average Bonchev–Trinajstić information content (AvgIpc) is 3.89. The van der Waals surface area contributed by atoms with Crippen molar-refractivity contribution in [3.8, 4) is 44.5 Å². The predicted molar refractivity (Wildman–Crippen MR) is 262 cm³/mol. The Morgan fingerprint density at radius 3 is 1.37 bits per heavy atom. The molecule has 0 atom stereocenters. The van der Waals surface area contributed by atoms with Crippen molar-refractivity contribution < 1.29 is 4.42 Å². The van der Waals surface area contributed by atoms with Gasteiger partial charge in [-0.2, -0.15) is 0 Å². The number of benzene rings is 10. The maximum atomic E-state index is 6.18. The molecule has 0 saturated heterocycles. The Bertz CT molecular complexity index is 3320. The molecular formula is C61H41NO. The Balaban J connectivity index is 1.03. The molecule has 296 valence electrons. The minimum atomic E-state index is -0.478. The van der Waals surface area contributed by atoms with Crippen molar-refractivity contribution in [1.82, 2.24) is 0 Å². The monoisotopic (exact) mass is 803 g/mol. The summed E-state index contributed by atoms with van der Waals surface area (Å²) >= 11 is 0. The number of hydrogen-bond acceptors (Lipinski definition) is 2. The first-order chi connectivity index (χ1) is 31.2. The van der Waals surface area contributed by atoms with Crippen LogP contribution in [0.15, 0.2) is 253 Å². The van der Waals surface area contributed by atoms with Gasteiger partial charge in [0, 0.05) is 27.8 Å². The van der Waals surface area contributed by atoms with Gasteiger partial charge in [-0.05, 0) is 127 Å². The lowest BCUT2D eigenvalue weighted by atomic mass is 9.68. The van der Waals surface area contributed by atoms with Gasteiger partial charge in [0.2, 0.25) is 0 Å². The van der Waals surface area contributed by atoms with Crippen LogP contribution in [-0.4, -0.2) is 0 Å². The zero-order valence-corrected chi connectivity index (χ0v) is 34.5. The SMILES string of the molecule is c1ccc(-c2cc(-c3ccccc3)cc(N(c3ccc(-c4ccc5oc6ccccc6c5c4)cc3)c3ccc(C4(c5ccccc5)c5ccccc5-c5ccccc54)cc3)c2)cc1. The highest BCUT2D eigenvalue weighted by Gasteiger charge is 2.45. The van der Waals surface area contributed by atoms with Crippen molar-refractivity contribution in [1.29, 1.82) is 0 Å². The molecule has 63 heavy (non-hydrogen) atoms. The second-order valence-electron chi connectivity index (χ2n) is 16.4. The van der Waals surface area contributed by atoms with Crippen LogP contribution in [0, 0.1) is 0 Å². The lowest BCUT2D eigenvalue weighted by molar-refractivity contribution is 0.669. The van der Waals surface area contributed by atoms with Gasteiger partial charge >= 0.3 is 0 Å². The van der Waals surface area contributed by atoms with Crippen LogP contribution in [0.5, 0.6) is 0 Å². The van der Waals surface area contributed by atoms with Crippen LogP contribution in [0.1, 0.15) is 22.3 Å². The van der Waals surface area contributed by atoms with Crippen LogP contribution in [0.3, 0.4) is 0 Å². The van der Waals surface area contributed by atoms with E-state index >= 15 is 0 Å². The summed E-state index contributed by atoms with van der Waals surface area (Å²) in [6.07, 6.45) is 0. The van der Waals surface area contributed by atoms with Gasteiger partial charge in [-0.15, -0.1) is 0 Å². The van der Waals surface area contributed by atoms with Crippen molar-refractivity contribution in [2.45, 2.75) is 5.41 Å². The number of para-hydroxylation sites is 1. The van der Waals surface area contributed by atoms with Gasteiger partial charge in [0.1, 0.15) is 11.2 Å². The van der Waals surface area contributed by atoms with Crippen LogP contribution < -0.4 is 4.90 Å². The molecule has 0 unspecified atom stereocenters. The van der Waals surface area contributed by atoms with E-state index in [4.69, 9.17) is 4.42 Å². The molecule has 0 aliphatic heterocycles. The Labute approximate surface area is 367 Å². The second kappa shape index (κ2) is 15.1. The Hall–Kier alpha value is -8.20. The van der Waals surface area contributed by atoms with Crippen LogP contribution >= 0.6 is 0 Å². The summed E-state index contributed by atoms with van der Waals surface area (Å²) in [5.74, 6) is 0. The van der Waals surface area contributed by atoms with Gasteiger partial charge in [0.25, 0.3) is 0 Å². The highest BCUT2D eigenvalue weighted by atomic mass is 16.3. The van der Waals surface area contributed by atoms with Gasteiger partial charge in [-0.25, -0.2) is 0 Å². The lowest BCUT2D eigenvalue weighted by Gasteiger charge is -2.34. The molecule has 0 radical (unpaired) electrons. The van der Waals surface area contributed by atoms with E-state index in [1.54, 1.807) is 0 Å². The number of anilines is 3. The summed E-state index contributed by atoms with van der Waals surface area (Å²) in [6.45, 7) is 0. The van der Waals surface area contributed by atoms with Crippen LogP contribution in [-0.2, 0) is 5.41 Å². The van der Waals surface area contributed by atoms with Crippen LogP contribution in [0.2, 0.25) is 0 Å². The standard InChI is InChI=1S/C61H41NO/c1-4-16-42(17-5-1)46-38-47(43-18-6-2-7-19-43)40-52(39-46)62(50-33-28-44(29-34-50)45-30-37-60-56(41-45)55-24-12-15-27-59(55)63-60)51-35-31-49(32-36-51)61(48-20-8-3-9-21-48)57-25-13-10-22-53(57)54-23-11-14-26-58(54)61/h1-41H. The second-order valence-corrected chi connectivity index (χ2v) is 16.4. The number of furan rings is 1. The zero-order valence-electron chi connectivity index (χ0n) is 34.5. The number of fused-ring (bicyclic) bond motifs is 6. The van der Waals surface area contributed by atoms with E-state index in [-0.39, 0.29) is 0 Å². The molecule has 1 aliphatic rings. The third-order valence-corrected chi connectivity index (χ3v) is 12.9. The normalized spacial score (nSPS) is 12.6. The van der Waals surface area contributed by atoms with Crippen molar-refractivity contribution >= 4 is 39.0 Å². The Morgan fingerprint density at radius 1 is 0.286 bits per heavy atom. The number of hydrogen-bond donors (Lipinski definition) is 0. The third-order valence-electron chi connectivity index (χ3n) is 12.9. The van der Waals surface area contributed by atoms with Gasteiger partial charge in [0.05, 0.1) is 5.41 Å². The molecule has 10 aromatic carbocycles. The Morgan fingerprint density at radius 2 is 0.746 bits per heavy atom. The molecule has 0 fully saturated rings. The maximum Gasteiger partial charge on any atom is 0.135 e. The van der Waals surface area contributed by atoms with Gasteiger partial charge in [-0.3, -0.25) is 0 Å². The van der Waals surface area contributed by atoms with E-state index in [2.05, 4.69) is 241 Å². The van der Waals surface area contributed by atoms with E-state index in [0.29, 0.717) is 0 Å². The molecule has 0 spiro atoms. The minimum Gasteiger partial charge on any atom is -0.456 e. The van der Waals surface area contributed by atoms with Crippen molar-refractivity contribution in [3.05, 3.63) is 271 Å². The summed E-state index contributed by atoms with van der Waals surface area (Å²) in [7, 11) is 0. The van der Waals surface area contributed by atoms with E-state index in [1.807, 2.05) is 12.1 Å². The first-order valence-electron chi connectivity index (χ1n) is 21.7.